The van der Waals surface area contributed by atoms with Crippen molar-refractivity contribution in [1.82, 2.24) is 4.90 Å². The van der Waals surface area contributed by atoms with E-state index >= 15 is 0 Å². The first-order valence-corrected chi connectivity index (χ1v) is 7.51. The predicted molar refractivity (Wildman–Crippen MR) is 76.6 cm³/mol. The second kappa shape index (κ2) is 7.06. The van der Waals surface area contributed by atoms with Crippen LogP contribution in [0.4, 0.5) is 13.2 Å². The lowest BCUT2D eigenvalue weighted by molar-refractivity contribution is -0.159. The van der Waals surface area contributed by atoms with Crippen LogP contribution in [-0.2, 0) is 15.4 Å². The van der Waals surface area contributed by atoms with Gasteiger partial charge in [0.15, 0.2) is 0 Å². The van der Waals surface area contributed by atoms with E-state index in [2.05, 4.69) is 4.74 Å². The van der Waals surface area contributed by atoms with Crippen LogP contribution in [0.2, 0.25) is 5.02 Å². The van der Waals surface area contributed by atoms with Crippen molar-refractivity contribution in [1.29, 1.82) is 0 Å². The molecular formula is C14H14Cl2F3NO2. The van der Waals surface area contributed by atoms with Gasteiger partial charge in [-0.1, -0.05) is 11.6 Å². The summed E-state index contributed by atoms with van der Waals surface area (Å²) in [6, 6.07) is 1.85. The molecule has 0 N–H and O–H groups in total. The van der Waals surface area contributed by atoms with Gasteiger partial charge in [-0.25, -0.2) is 4.39 Å². The quantitative estimate of drug-likeness (QED) is 0.743. The molecule has 0 bridgehead atoms. The maximum absolute atomic E-state index is 13.6. The molecule has 3 nitrogen and oxygen atoms in total. The van der Waals surface area contributed by atoms with E-state index in [-0.39, 0.29) is 29.8 Å². The predicted octanol–water partition coefficient (Wildman–Crippen LogP) is 4.12. The van der Waals surface area contributed by atoms with E-state index < -0.39 is 24.6 Å². The zero-order chi connectivity index (χ0) is 16.4. The number of likely N-dealkylation sites (tertiary alicyclic amines) is 1. The third kappa shape index (κ3) is 3.67. The summed E-state index contributed by atoms with van der Waals surface area (Å²) in [5.41, 5.74) is 0.981. The molecule has 2 rings (SSSR count). The van der Waals surface area contributed by atoms with Crippen LogP contribution in [0.25, 0.3) is 0 Å². The molecule has 1 aromatic rings. The maximum Gasteiger partial charge on any atom is 0.345 e. The summed E-state index contributed by atoms with van der Waals surface area (Å²) in [5.74, 6) is -0.829. The van der Waals surface area contributed by atoms with Crippen molar-refractivity contribution in [3.63, 3.8) is 0 Å². The number of halogens is 5. The number of rotatable bonds is 5. The number of amides is 1. The number of benzene rings is 1. The topological polar surface area (TPSA) is 29.5 Å². The molecule has 2 atom stereocenters. The van der Waals surface area contributed by atoms with Gasteiger partial charge in [0.1, 0.15) is 5.82 Å². The molecule has 1 fully saturated rings. The number of hydrogen-bond acceptors (Lipinski definition) is 2. The van der Waals surface area contributed by atoms with Gasteiger partial charge in [0, 0.05) is 17.4 Å². The van der Waals surface area contributed by atoms with E-state index in [0.29, 0.717) is 11.1 Å². The highest BCUT2D eigenvalue weighted by Gasteiger charge is 2.36. The summed E-state index contributed by atoms with van der Waals surface area (Å²) in [7, 11) is 0. The first kappa shape index (κ1) is 17.4. The standard InChI is InChI=1S/C14H14Cl2F3NO2/c1-7(10-2-8(17)3-12(16)11(10)5-15)20-6-9(4-13(20)21)22-14(18)19/h2-3,7,9,14H,4-6H2,1H3/t7-,9?/m0/s1. The molecule has 122 valence electrons. The van der Waals surface area contributed by atoms with Crippen LogP contribution in [0, 0.1) is 5.82 Å². The normalized spacial score (nSPS) is 20.0. The van der Waals surface area contributed by atoms with Crippen molar-refractivity contribution in [2.45, 2.75) is 38.0 Å². The van der Waals surface area contributed by atoms with Crippen molar-refractivity contribution in [2.75, 3.05) is 6.54 Å². The molecule has 0 aliphatic carbocycles. The Morgan fingerprint density at radius 3 is 2.73 bits per heavy atom. The van der Waals surface area contributed by atoms with Gasteiger partial charge in [0.2, 0.25) is 5.91 Å². The molecule has 0 radical (unpaired) electrons. The van der Waals surface area contributed by atoms with Gasteiger partial charge in [0.25, 0.3) is 0 Å². The zero-order valence-electron chi connectivity index (χ0n) is 11.7. The number of ether oxygens (including phenoxy) is 1. The van der Waals surface area contributed by atoms with E-state index in [1.807, 2.05) is 0 Å². The fourth-order valence-corrected chi connectivity index (χ4v) is 3.26. The third-order valence-corrected chi connectivity index (χ3v) is 4.27. The van der Waals surface area contributed by atoms with Gasteiger partial charge >= 0.3 is 6.61 Å². The summed E-state index contributed by atoms with van der Waals surface area (Å²) < 4.78 is 42.5. The largest absolute Gasteiger partial charge is 0.345 e. The minimum atomic E-state index is -2.94. The summed E-state index contributed by atoms with van der Waals surface area (Å²) >= 11 is 11.8. The van der Waals surface area contributed by atoms with Crippen molar-refractivity contribution in [3.05, 3.63) is 34.1 Å². The maximum atomic E-state index is 13.6. The average Bonchev–Trinajstić information content (AvgIpc) is 2.77. The Hall–Kier alpha value is -0.980. The molecule has 1 unspecified atom stereocenters. The van der Waals surface area contributed by atoms with E-state index in [4.69, 9.17) is 23.2 Å². The van der Waals surface area contributed by atoms with Crippen molar-refractivity contribution >= 4 is 29.1 Å². The number of hydrogen-bond donors (Lipinski definition) is 0. The van der Waals surface area contributed by atoms with Crippen LogP contribution in [0.15, 0.2) is 12.1 Å². The number of carbonyl (C=O) groups excluding carboxylic acids is 1. The average molecular weight is 356 g/mol. The molecule has 22 heavy (non-hydrogen) atoms. The first-order valence-electron chi connectivity index (χ1n) is 6.60. The van der Waals surface area contributed by atoms with Crippen LogP contribution in [0.1, 0.15) is 30.5 Å². The van der Waals surface area contributed by atoms with E-state index in [9.17, 15) is 18.0 Å². The van der Waals surface area contributed by atoms with Gasteiger partial charge in [0.05, 0.1) is 18.6 Å². The van der Waals surface area contributed by atoms with Crippen LogP contribution in [-0.4, -0.2) is 30.1 Å². The Morgan fingerprint density at radius 1 is 1.45 bits per heavy atom. The van der Waals surface area contributed by atoms with Crippen LogP contribution >= 0.6 is 23.2 Å². The molecule has 0 saturated carbocycles. The Balaban J connectivity index is 2.25. The Morgan fingerprint density at radius 2 is 2.14 bits per heavy atom. The first-order chi connectivity index (χ1) is 10.3. The molecule has 1 aromatic carbocycles. The van der Waals surface area contributed by atoms with Gasteiger partial charge in [-0.15, -0.1) is 11.6 Å². The second-order valence-electron chi connectivity index (χ2n) is 5.03. The molecule has 1 aliphatic heterocycles. The summed E-state index contributed by atoms with van der Waals surface area (Å²) in [6.45, 7) is -1.25. The summed E-state index contributed by atoms with van der Waals surface area (Å²) in [6.07, 6.45) is -1.01. The molecule has 0 spiro atoms. The second-order valence-corrected chi connectivity index (χ2v) is 5.71. The van der Waals surface area contributed by atoms with Crippen molar-refractivity contribution in [3.8, 4) is 0 Å². The highest BCUT2D eigenvalue weighted by atomic mass is 35.5. The van der Waals surface area contributed by atoms with Crippen LogP contribution in [0.5, 0.6) is 0 Å². The smallest absolute Gasteiger partial charge is 0.333 e. The Kier molecular flexibility index (Phi) is 5.58. The third-order valence-electron chi connectivity index (χ3n) is 3.66. The lowest BCUT2D eigenvalue weighted by Gasteiger charge is -2.27. The van der Waals surface area contributed by atoms with Crippen LogP contribution in [0.3, 0.4) is 0 Å². The molecule has 1 amide bonds. The fourth-order valence-electron chi connectivity index (χ4n) is 2.61. The molecule has 1 aliphatic rings. The molecule has 0 aromatic heterocycles. The van der Waals surface area contributed by atoms with Crippen molar-refractivity contribution in [2.24, 2.45) is 0 Å². The highest BCUT2D eigenvalue weighted by molar-refractivity contribution is 6.32. The van der Waals surface area contributed by atoms with Crippen molar-refractivity contribution < 1.29 is 22.7 Å². The van der Waals surface area contributed by atoms with Gasteiger partial charge in [-0.2, -0.15) is 8.78 Å². The molecule has 8 heteroatoms. The SMILES string of the molecule is C[C@@H](c1cc(F)cc(Cl)c1CCl)N1CC(OC(F)F)CC1=O. The van der Waals surface area contributed by atoms with E-state index in [1.54, 1.807) is 6.92 Å². The monoisotopic (exact) mass is 355 g/mol. The lowest BCUT2D eigenvalue weighted by atomic mass is 10.0. The van der Waals surface area contributed by atoms with E-state index in [1.165, 1.54) is 11.0 Å². The lowest BCUT2D eigenvalue weighted by Crippen LogP contribution is -2.30. The minimum Gasteiger partial charge on any atom is -0.333 e. The van der Waals surface area contributed by atoms with Gasteiger partial charge in [-0.3, -0.25) is 4.79 Å². The minimum absolute atomic E-state index is 0.0141. The number of nitrogens with zero attached hydrogens (tertiary/aromatic N) is 1. The molecular weight excluding hydrogens is 342 g/mol. The molecule has 1 saturated heterocycles. The number of alkyl halides is 3. The van der Waals surface area contributed by atoms with Crippen LogP contribution < -0.4 is 0 Å². The van der Waals surface area contributed by atoms with Gasteiger partial charge < -0.3 is 9.64 Å². The van der Waals surface area contributed by atoms with E-state index in [0.717, 1.165) is 6.07 Å². The molecule has 1 heterocycles. The van der Waals surface area contributed by atoms with Gasteiger partial charge in [-0.05, 0) is 30.2 Å². The zero-order valence-corrected chi connectivity index (χ0v) is 13.2. The number of carbonyl (C=O) groups is 1. The summed E-state index contributed by atoms with van der Waals surface area (Å²) in [4.78, 5) is 13.4. The fraction of sp³-hybridized carbons (Fsp3) is 0.500. The Labute approximate surface area is 135 Å². The highest BCUT2D eigenvalue weighted by Crippen LogP contribution is 2.33. The Bertz CT molecular complexity index is 571. The summed E-state index contributed by atoms with van der Waals surface area (Å²) in [5, 5.41) is 0.170.